The van der Waals surface area contributed by atoms with E-state index >= 15 is 0 Å². The summed E-state index contributed by atoms with van der Waals surface area (Å²) in [4.78, 5) is 30.7. The van der Waals surface area contributed by atoms with Crippen molar-refractivity contribution in [1.82, 2.24) is 19.6 Å². The highest BCUT2D eigenvalue weighted by Gasteiger charge is 2.41. The Morgan fingerprint density at radius 3 is 2.52 bits per heavy atom. The van der Waals surface area contributed by atoms with Gasteiger partial charge >= 0.3 is 5.69 Å². The molecule has 8 nitrogen and oxygen atoms in total. The zero-order valence-electron chi connectivity index (χ0n) is 17.7. The Bertz CT molecular complexity index is 1340. The molecule has 31 heavy (non-hydrogen) atoms. The lowest BCUT2D eigenvalue weighted by atomic mass is 9.96. The van der Waals surface area contributed by atoms with Gasteiger partial charge in [-0.25, -0.2) is 4.79 Å². The van der Waals surface area contributed by atoms with Crippen LogP contribution in [0, 0.1) is 13.8 Å². The topological polar surface area (TPSA) is 93.4 Å². The molecule has 2 atom stereocenters. The molecule has 0 saturated heterocycles. The van der Waals surface area contributed by atoms with Gasteiger partial charge in [0, 0.05) is 19.7 Å². The number of carbonyl (C=O) groups is 1. The van der Waals surface area contributed by atoms with Crippen molar-refractivity contribution in [2.75, 3.05) is 14.1 Å². The lowest BCUT2D eigenvalue weighted by Gasteiger charge is -2.34. The van der Waals surface area contributed by atoms with Crippen molar-refractivity contribution in [1.29, 1.82) is 0 Å². The molecule has 3 heterocycles. The van der Waals surface area contributed by atoms with Crippen LogP contribution in [-0.2, 0) is 4.79 Å². The summed E-state index contributed by atoms with van der Waals surface area (Å²) in [5, 5.41) is 4.06. The quantitative estimate of drug-likeness (QED) is 0.552. The molecular weight excluding hydrogens is 396 g/mol. The molecule has 0 radical (unpaired) electrons. The van der Waals surface area contributed by atoms with E-state index in [1.54, 1.807) is 18.7 Å². The number of aromatic nitrogens is 3. The van der Waals surface area contributed by atoms with Crippen LogP contribution in [0.5, 0.6) is 5.75 Å². The summed E-state index contributed by atoms with van der Waals surface area (Å²) in [7, 11) is 3.36. The van der Waals surface area contributed by atoms with Crippen LogP contribution in [0.2, 0.25) is 0 Å². The third-order valence-electron chi connectivity index (χ3n) is 5.77. The second-order valence-electron chi connectivity index (χ2n) is 7.96. The summed E-state index contributed by atoms with van der Waals surface area (Å²) in [6.45, 7) is 3.68. The summed E-state index contributed by atoms with van der Waals surface area (Å²) >= 11 is 0. The fourth-order valence-corrected chi connectivity index (χ4v) is 4.38. The highest BCUT2D eigenvalue weighted by atomic mass is 16.5. The number of imidazole rings is 1. The van der Waals surface area contributed by atoms with E-state index < -0.39 is 12.1 Å². The Balaban J connectivity index is 1.85. The molecular formula is C23H22N4O4. The second-order valence-corrected chi connectivity index (χ2v) is 7.96. The van der Waals surface area contributed by atoms with Crippen molar-refractivity contribution in [3.05, 3.63) is 70.0 Å². The molecule has 0 aliphatic carbocycles. The Morgan fingerprint density at radius 1 is 1.13 bits per heavy atom. The molecule has 0 bridgehead atoms. The maximum atomic E-state index is 13.2. The van der Waals surface area contributed by atoms with E-state index in [-0.39, 0.29) is 11.6 Å². The molecule has 1 amide bonds. The minimum absolute atomic E-state index is 0.227. The van der Waals surface area contributed by atoms with E-state index in [1.807, 2.05) is 56.3 Å². The van der Waals surface area contributed by atoms with Gasteiger partial charge in [0.1, 0.15) is 17.3 Å². The first-order valence-electron chi connectivity index (χ1n) is 10.0. The molecule has 5 rings (SSSR count). The van der Waals surface area contributed by atoms with Gasteiger partial charge in [-0.2, -0.15) is 0 Å². The number of aryl methyl sites for hydroxylation is 2. The zero-order chi connectivity index (χ0) is 21.9. The van der Waals surface area contributed by atoms with Gasteiger partial charge < -0.3 is 19.1 Å². The predicted octanol–water partition coefficient (Wildman–Crippen LogP) is 3.04. The van der Waals surface area contributed by atoms with Gasteiger partial charge in [0.15, 0.2) is 5.75 Å². The molecule has 0 fully saturated rings. The molecule has 1 N–H and O–H groups in total. The van der Waals surface area contributed by atoms with Gasteiger partial charge in [0.05, 0.1) is 16.8 Å². The van der Waals surface area contributed by atoms with Crippen molar-refractivity contribution in [2.45, 2.75) is 26.0 Å². The second kappa shape index (κ2) is 6.87. The largest absolute Gasteiger partial charge is 0.475 e. The summed E-state index contributed by atoms with van der Waals surface area (Å²) in [5.41, 5.74) is 4.04. The van der Waals surface area contributed by atoms with Crippen LogP contribution in [0.25, 0.3) is 22.2 Å². The van der Waals surface area contributed by atoms with Crippen LogP contribution < -0.4 is 10.4 Å². The first-order valence-corrected chi connectivity index (χ1v) is 10.0. The molecule has 0 unspecified atom stereocenters. The predicted molar refractivity (Wildman–Crippen MR) is 115 cm³/mol. The molecule has 8 heteroatoms. The summed E-state index contributed by atoms with van der Waals surface area (Å²) < 4.78 is 13.4. The minimum atomic E-state index is -0.914. The number of carbonyl (C=O) groups excluding carboxylic acids is 1. The Kier molecular flexibility index (Phi) is 4.25. The van der Waals surface area contributed by atoms with Crippen LogP contribution in [0.4, 0.5) is 0 Å². The fourth-order valence-electron chi connectivity index (χ4n) is 4.38. The lowest BCUT2D eigenvalue weighted by Crippen LogP contribution is -2.47. The van der Waals surface area contributed by atoms with Gasteiger partial charge in [-0.1, -0.05) is 35.5 Å². The molecule has 4 aromatic rings. The van der Waals surface area contributed by atoms with Gasteiger partial charge in [-0.05, 0) is 31.5 Å². The van der Waals surface area contributed by atoms with Crippen molar-refractivity contribution in [3.8, 4) is 16.9 Å². The van der Waals surface area contributed by atoms with Gasteiger partial charge in [-0.3, -0.25) is 9.36 Å². The van der Waals surface area contributed by atoms with Gasteiger partial charge in [0.2, 0.25) is 6.10 Å². The van der Waals surface area contributed by atoms with Gasteiger partial charge in [0.25, 0.3) is 5.91 Å². The number of aromatic amines is 1. The van der Waals surface area contributed by atoms with E-state index in [9.17, 15) is 9.59 Å². The standard InChI is InChI=1S/C23H22N4O4/c1-12-17(13(2)31-25-12)15-10-11-16-19-20(15)30-21(22(28)26(3)4)18(27(19)23(29)24-16)14-8-6-5-7-9-14/h5-11,18,21H,1-4H3,(H,24,29)/t18-,21+/m0/s1. The average molecular weight is 418 g/mol. The lowest BCUT2D eigenvalue weighted by molar-refractivity contribution is -0.137. The van der Waals surface area contributed by atoms with Crippen LogP contribution in [-0.4, -0.2) is 45.7 Å². The summed E-state index contributed by atoms with van der Waals surface area (Å²) in [6, 6.07) is 12.6. The Hall–Kier alpha value is -3.81. The SMILES string of the molecule is Cc1noc(C)c1-c1ccc2[nH]c(=O)n3c2c1O[C@@H](C(=O)N(C)C)[C@@H]3c1ccccc1. The third kappa shape index (κ3) is 2.78. The minimum Gasteiger partial charge on any atom is -0.475 e. The van der Waals surface area contributed by atoms with Crippen molar-refractivity contribution >= 4 is 16.9 Å². The van der Waals surface area contributed by atoms with Crippen LogP contribution in [0.1, 0.15) is 23.1 Å². The smallest absolute Gasteiger partial charge is 0.327 e. The molecule has 2 aromatic carbocycles. The number of hydrogen-bond donors (Lipinski definition) is 1. The monoisotopic (exact) mass is 418 g/mol. The van der Waals surface area contributed by atoms with E-state index in [0.717, 1.165) is 16.7 Å². The number of nitrogens with zero attached hydrogens (tertiary/aromatic N) is 3. The number of H-pyrrole nitrogens is 1. The van der Waals surface area contributed by atoms with Gasteiger partial charge in [-0.15, -0.1) is 0 Å². The normalized spacial score (nSPS) is 17.5. The van der Waals surface area contributed by atoms with E-state index in [2.05, 4.69) is 10.1 Å². The Labute approximate surface area is 178 Å². The number of ether oxygens (including phenoxy) is 1. The number of amides is 1. The molecule has 2 aromatic heterocycles. The van der Waals surface area contributed by atoms with Crippen LogP contribution >= 0.6 is 0 Å². The maximum absolute atomic E-state index is 13.2. The summed E-state index contributed by atoms with van der Waals surface area (Å²) in [6.07, 6.45) is -0.914. The number of rotatable bonds is 3. The van der Waals surface area contributed by atoms with Crippen molar-refractivity contribution < 1.29 is 14.1 Å². The van der Waals surface area contributed by atoms with Crippen molar-refractivity contribution in [3.63, 3.8) is 0 Å². The molecule has 1 aliphatic heterocycles. The highest BCUT2D eigenvalue weighted by molar-refractivity contribution is 5.94. The molecule has 158 valence electrons. The van der Waals surface area contributed by atoms with Crippen molar-refractivity contribution in [2.24, 2.45) is 0 Å². The first kappa shape index (κ1) is 19.2. The van der Waals surface area contributed by atoms with Crippen LogP contribution in [0.3, 0.4) is 0 Å². The number of likely N-dealkylation sites (N-methyl/N-ethyl adjacent to an activating group) is 1. The average Bonchev–Trinajstić information content (AvgIpc) is 3.28. The molecule has 1 aliphatic rings. The maximum Gasteiger partial charge on any atom is 0.327 e. The van der Waals surface area contributed by atoms with E-state index in [1.165, 1.54) is 4.90 Å². The number of benzene rings is 2. The highest BCUT2D eigenvalue weighted by Crippen LogP contribution is 2.44. The number of nitrogens with one attached hydrogen (secondary N) is 1. The summed E-state index contributed by atoms with van der Waals surface area (Å²) in [5.74, 6) is 0.883. The zero-order valence-corrected chi connectivity index (χ0v) is 17.7. The first-order chi connectivity index (χ1) is 14.9. The fraction of sp³-hybridized carbons (Fsp3) is 0.261. The third-order valence-corrected chi connectivity index (χ3v) is 5.77. The molecule has 0 saturated carbocycles. The molecule has 0 spiro atoms. The Morgan fingerprint density at radius 2 is 1.87 bits per heavy atom. The van der Waals surface area contributed by atoms with Crippen LogP contribution in [0.15, 0.2) is 51.8 Å². The van der Waals surface area contributed by atoms with E-state index in [4.69, 9.17) is 9.26 Å². The van der Waals surface area contributed by atoms with E-state index in [0.29, 0.717) is 28.2 Å². The number of hydrogen-bond acceptors (Lipinski definition) is 5.